The highest BCUT2D eigenvalue weighted by Gasteiger charge is 2.36. The van der Waals surface area contributed by atoms with Gasteiger partial charge >= 0.3 is 12.0 Å². The van der Waals surface area contributed by atoms with Crippen molar-refractivity contribution in [1.82, 2.24) is 5.32 Å². The van der Waals surface area contributed by atoms with E-state index in [0.717, 1.165) is 4.90 Å². The first-order valence-corrected chi connectivity index (χ1v) is 8.49. The number of aromatic carboxylic acids is 1. The number of benzene rings is 2. The molecule has 0 aromatic heterocycles. The second-order valence-corrected chi connectivity index (χ2v) is 5.98. The number of nitrogens with zero attached hydrogens (tertiary/aromatic N) is 1. The van der Waals surface area contributed by atoms with Gasteiger partial charge in [0.05, 0.1) is 11.3 Å². The van der Waals surface area contributed by atoms with Crippen molar-refractivity contribution < 1.29 is 29.0 Å². The highest BCUT2D eigenvalue weighted by Crippen LogP contribution is 2.23. The number of carbonyl (C=O) groups is 4. The summed E-state index contributed by atoms with van der Waals surface area (Å²) in [5.74, 6) is -2.16. The van der Waals surface area contributed by atoms with E-state index in [0.29, 0.717) is 17.9 Å². The molecule has 1 aliphatic rings. The second-order valence-electron chi connectivity index (χ2n) is 5.98. The van der Waals surface area contributed by atoms with Gasteiger partial charge in [0.1, 0.15) is 17.9 Å². The number of amides is 4. The predicted molar refractivity (Wildman–Crippen MR) is 105 cm³/mol. The molecule has 3 rings (SSSR count). The molecule has 2 aromatic rings. The van der Waals surface area contributed by atoms with Crippen molar-refractivity contribution in [1.29, 1.82) is 0 Å². The lowest BCUT2D eigenvalue weighted by Gasteiger charge is -2.26. The average Bonchev–Trinajstić information content (AvgIpc) is 2.70. The van der Waals surface area contributed by atoms with Crippen molar-refractivity contribution in [3.8, 4) is 5.75 Å². The molecule has 8 heteroatoms. The number of imide groups is 2. The Kier molecular flexibility index (Phi) is 5.54. The van der Waals surface area contributed by atoms with E-state index < -0.39 is 23.8 Å². The van der Waals surface area contributed by atoms with Crippen LogP contribution in [0.1, 0.15) is 15.9 Å². The molecule has 1 saturated heterocycles. The number of rotatable bonds is 6. The van der Waals surface area contributed by atoms with Gasteiger partial charge in [0.25, 0.3) is 11.8 Å². The molecule has 146 valence electrons. The van der Waals surface area contributed by atoms with Gasteiger partial charge in [-0.05, 0) is 48.0 Å². The van der Waals surface area contributed by atoms with Crippen molar-refractivity contribution in [3.63, 3.8) is 0 Å². The molecule has 1 heterocycles. The van der Waals surface area contributed by atoms with E-state index in [1.807, 2.05) is 0 Å². The van der Waals surface area contributed by atoms with Gasteiger partial charge in [-0.3, -0.25) is 14.9 Å². The van der Waals surface area contributed by atoms with Crippen molar-refractivity contribution in [2.24, 2.45) is 0 Å². The van der Waals surface area contributed by atoms with E-state index >= 15 is 0 Å². The van der Waals surface area contributed by atoms with Gasteiger partial charge in [0.15, 0.2) is 0 Å². The topological polar surface area (TPSA) is 113 Å². The van der Waals surface area contributed by atoms with Crippen LogP contribution in [0.5, 0.6) is 5.75 Å². The molecule has 4 amide bonds. The molecule has 1 fully saturated rings. The molecule has 2 aromatic carbocycles. The van der Waals surface area contributed by atoms with Gasteiger partial charge in [-0.15, -0.1) is 0 Å². The average molecular weight is 392 g/mol. The van der Waals surface area contributed by atoms with Gasteiger partial charge in [-0.1, -0.05) is 24.8 Å². The minimum absolute atomic E-state index is 0.00391. The zero-order chi connectivity index (χ0) is 21.0. The number of anilines is 1. The maximum absolute atomic E-state index is 12.8. The van der Waals surface area contributed by atoms with Gasteiger partial charge in [-0.2, -0.15) is 0 Å². The third-order valence-corrected chi connectivity index (χ3v) is 4.03. The third kappa shape index (κ3) is 4.22. The monoisotopic (exact) mass is 392 g/mol. The van der Waals surface area contributed by atoms with E-state index in [9.17, 15) is 19.2 Å². The van der Waals surface area contributed by atoms with Crippen LogP contribution in [-0.2, 0) is 9.59 Å². The van der Waals surface area contributed by atoms with E-state index in [4.69, 9.17) is 9.84 Å². The number of nitrogens with one attached hydrogen (secondary N) is 1. The Morgan fingerprint density at radius 1 is 1.07 bits per heavy atom. The molecule has 0 spiro atoms. The van der Waals surface area contributed by atoms with Crippen LogP contribution in [-0.4, -0.2) is 35.5 Å². The zero-order valence-electron chi connectivity index (χ0n) is 15.1. The Hall–Kier alpha value is -4.20. The summed E-state index contributed by atoms with van der Waals surface area (Å²) in [4.78, 5) is 48.9. The summed E-state index contributed by atoms with van der Waals surface area (Å²) in [6.07, 6.45) is 2.97. The minimum atomic E-state index is -1.14. The Morgan fingerprint density at radius 2 is 1.72 bits per heavy atom. The van der Waals surface area contributed by atoms with Gasteiger partial charge in [-0.25, -0.2) is 14.5 Å². The maximum Gasteiger partial charge on any atom is 0.335 e. The van der Waals surface area contributed by atoms with Gasteiger partial charge in [0, 0.05) is 0 Å². The van der Waals surface area contributed by atoms with Gasteiger partial charge < -0.3 is 9.84 Å². The third-order valence-electron chi connectivity index (χ3n) is 4.03. The molecule has 2 N–H and O–H groups in total. The smallest absolute Gasteiger partial charge is 0.335 e. The van der Waals surface area contributed by atoms with E-state index in [-0.39, 0.29) is 16.8 Å². The molecule has 0 unspecified atom stereocenters. The summed E-state index contributed by atoms with van der Waals surface area (Å²) in [7, 11) is 0. The van der Waals surface area contributed by atoms with E-state index in [1.165, 1.54) is 30.3 Å². The number of carboxylic acid groups (broad SMARTS) is 1. The number of barbiturate groups is 1. The number of carbonyl (C=O) groups excluding carboxylic acids is 3. The first-order chi connectivity index (χ1) is 13.9. The summed E-state index contributed by atoms with van der Waals surface area (Å²) >= 11 is 0. The molecule has 29 heavy (non-hydrogen) atoms. The zero-order valence-corrected chi connectivity index (χ0v) is 15.1. The maximum atomic E-state index is 12.8. The number of urea groups is 1. The number of carboxylic acids is 1. The fourth-order valence-electron chi connectivity index (χ4n) is 2.63. The second kappa shape index (κ2) is 8.22. The number of hydrogen-bond donors (Lipinski definition) is 2. The Morgan fingerprint density at radius 3 is 2.31 bits per heavy atom. The molecular weight excluding hydrogens is 376 g/mol. The van der Waals surface area contributed by atoms with Crippen molar-refractivity contribution in [2.45, 2.75) is 0 Å². The predicted octanol–water partition coefficient (Wildman–Crippen LogP) is 2.62. The SMILES string of the molecule is C=CCOc1ccc(/C=C2\C(=O)NC(=O)N(c3ccc(C(=O)O)cc3)C2=O)cc1. The minimum Gasteiger partial charge on any atom is -0.490 e. The largest absolute Gasteiger partial charge is 0.490 e. The van der Waals surface area contributed by atoms with Crippen LogP contribution in [0.4, 0.5) is 10.5 Å². The molecule has 1 aliphatic heterocycles. The summed E-state index contributed by atoms with van der Waals surface area (Å²) < 4.78 is 5.38. The van der Waals surface area contributed by atoms with Crippen LogP contribution in [0.15, 0.2) is 66.8 Å². The van der Waals surface area contributed by atoms with Crippen LogP contribution in [0, 0.1) is 0 Å². The summed E-state index contributed by atoms with van der Waals surface area (Å²) in [5.41, 5.74) is 0.477. The van der Waals surface area contributed by atoms with Crippen molar-refractivity contribution >= 4 is 35.6 Å². The summed E-state index contributed by atoms with van der Waals surface area (Å²) in [6, 6.07) is 10.9. The van der Waals surface area contributed by atoms with Gasteiger partial charge in [0.2, 0.25) is 0 Å². The van der Waals surface area contributed by atoms with E-state index in [2.05, 4.69) is 11.9 Å². The summed E-state index contributed by atoms with van der Waals surface area (Å²) in [5, 5.41) is 11.1. The Balaban J connectivity index is 1.89. The van der Waals surface area contributed by atoms with Crippen LogP contribution in [0.3, 0.4) is 0 Å². The Bertz CT molecular complexity index is 1020. The molecule has 0 atom stereocenters. The van der Waals surface area contributed by atoms with Crippen molar-refractivity contribution in [2.75, 3.05) is 11.5 Å². The lowest BCUT2D eigenvalue weighted by molar-refractivity contribution is -0.122. The normalized spacial score (nSPS) is 15.2. The standard InChI is InChI=1S/C21H16N2O6/c1-2-11-29-16-9-3-13(4-10-16)12-17-18(24)22-21(28)23(19(17)25)15-7-5-14(6-8-15)20(26)27/h2-10,12H,1,11H2,(H,26,27)(H,22,24,28)/b17-12+. The fourth-order valence-corrected chi connectivity index (χ4v) is 2.63. The highest BCUT2D eigenvalue weighted by atomic mass is 16.5. The molecule has 0 bridgehead atoms. The van der Waals surface area contributed by atoms with Crippen molar-refractivity contribution in [3.05, 3.63) is 77.9 Å². The van der Waals surface area contributed by atoms with E-state index in [1.54, 1.807) is 30.3 Å². The molecular formula is C21H16N2O6. The number of hydrogen-bond acceptors (Lipinski definition) is 5. The molecule has 0 saturated carbocycles. The Labute approximate surface area is 165 Å². The molecule has 8 nitrogen and oxygen atoms in total. The van der Waals surface area contributed by atoms with Crippen LogP contribution in [0.2, 0.25) is 0 Å². The molecule has 0 aliphatic carbocycles. The number of ether oxygens (including phenoxy) is 1. The lowest BCUT2D eigenvalue weighted by atomic mass is 10.1. The molecule has 0 radical (unpaired) electrons. The van der Waals surface area contributed by atoms with Crippen LogP contribution >= 0.6 is 0 Å². The van der Waals surface area contributed by atoms with Crippen LogP contribution < -0.4 is 15.0 Å². The highest BCUT2D eigenvalue weighted by molar-refractivity contribution is 6.39. The lowest BCUT2D eigenvalue weighted by Crippen LogP contribution is -2.54. The van der Waals surface area contributed by atoms with Crippen LogP contribution in [0.25, 0.3) is 6.08 Å². The quantitative estimate of drug-likeness (QED) is 0.444. The fraction of sp³-hybridized carbons (Fsp3) is 0.0476. The first-order valence-electron chi connectivity index (χ1n) is 8.49. The summed E-state index contributed by atoms with van der Waals surface area (Å²) in [6.45, 7) is 3.91. The first kappa shape index (κ1) is 19.6.